The topological polar surface area (TPSA) is 26.0 Å². The van der Waals surface area contributed by atoms with Crippen LogP contribution in [0.5, 0.6) is 0 Å². The number of rotatable bonds is 3. The predicted molar refractivity (Wildman–Crippen MR) is 62.2 cm³/mol. The molecule has 0 saturated carbocycles. The maximum atomic E-state index is 5.26. The van der Waals surface area contributed by atoms with Crippen LogP contribution < -0.4 is 0 Å². The van der Waals surface area contributed by atoms with E-state index in [9.17, 15) is 0 Å². The summed E-state index contributed by atoms with van der Waals surface area (Å²) in [6.07, 6.45) is 5.06. The van der Waals surface area contributed by atoms with Crippen molar-refractivity contribution in [1.82, 2.24) is 4.98 Å². The zero-order chi connectivity index (χ0) is 9.80. The summed E-state index contributed by atoms with van der Waals surface area (Å²) in [7, 11) is 0. The van der Waals surface area contributed by atoms with Crippen LogP contribution in [0.15, 0.2) is 59.9 Å². The van der Waals surface area contributed by atoms with Gasteiger partial charge in [0.05, 0.1) is 12.1 Å². The van der Waals surface area contributed by atoms with Crippen LogP contribution in [0, 0.1) is 0 Å². The monoisotopic (exact) mass is 221 g/mol. The number of halogens is 1. The van der Waals surface area contributed by atoms with Crippen LogP contribution in [-0.2, 0) is 0 Å². The molecule has 0 aliphatic carbocycles. The molecule has 2 nitrogen and oxygen atoms in total. The number of aromatic nitrogens is 1. The van der Waals surface area contributed by atoms with E-state index in [4.69, 9.17) is 4.42 Å². The Morgan fingerprint density at radius 2 is 2.00 bits per heavy atom. The zero-order valence-corrected chi connectivity index (χ0v) is 8.98. The summed E-state index contributed by atoms with van der Waals surface area (Å²) >= 11 is 0. The molecule has 0 amide bonds. The van der Waals surface area contributed by atoms with Gasteiger partial charge in [0.15, 0.2) is 0 Å². The molecular formula is C12H12ClNO. The number of nitrogens with zero attached hydrogens (tertiary/aromatic N) is 1. The summed E-state index contributed by atoms with van der Waals surface area (Å²) in [5, 5.41) is 0. The lowest BCUT2D eigenvalue weighted by atomic mass is 9.99. The highest BCUT2D eigenvalue weighted by molar-refractivity contribution is 5.85. The van der Waals surface area contributed by atoms with Crippen molar-refractivity contribution in [2.24, 2.45) is 0 Å². The van der Waals surface area contributed by atoms with E-state index in [1.807, 2.05) is 36.4 Å². The fourth-order valence-corrected chi connectivity index (χ4v) is 1.43. The Balaban J connectivity index is 0.00000112. The van der Waals surface area contributed by atoms with E-state index >= 15 is 0 Å². The summed E-state index contributed by atoms with van der Waals surface area (Å²) in [4.78, 5) is 4.13. The quantitative estimate of drug-likeness (QED) is 0.743. The van der Waals surface area contributed by atoms with Crippen molar-refractivity contribution in [3.63, 3.8) is 0 Å². The van der Waals surface area contributed by atoms with E-state index in [0.29, 0.717) is 5.89 Å². The van der Waals surface area contributed by atoms with Gasteiger partial charge >= 0.3 is 0 Å². The minimum Gasteiger partial charge on any atom is -0.448 e. The third-order valence-corrected chi connectivity index (χ3v) is 2.11. The molecule has 0 aliphatic heterocycles. The lowest BCUT2D eigenvalue weighted by Gasteiger charge is -2.07. The minimum atomic E-state index is 0. The lowest BCUT2D eigenvalue weighted by molar-refractivity contribution is 0.492. The average Bonchev–Trinajstić information content (AvgIpc) is 2.74. The second-order valence-corrected chi connectivity index (χ2v) is 2.99. The molecule has 0 saturated heterocycles. The first-order chi connectivity index (χ1) is 6.92. The van der Waals surface area contributed by atoms with Gasteiger partial charge in [0.1, 0.15) is 6.26 Å². The molecule has 1 aromatic carbocycles. The number of benzene rings is 1. The maximum absolute atomic E-state index is 5.26. The van der Waals surface area contributed by atoms with Crippen LogP contribution >= 0.6 is 12.4 Å². The van der Waals surface area contributed by atoms with Crippen LogP contribution in [-0.4, -0.2) is 4.98 Å². The fraction of sp³-hybridized carbons (Fsp3) is 0.0833. The van der Waals surface area contributed by atoms with Crippen LogP contribution in [0.4, 0.5) is 0 Å². The van der Waals surface area contributed by atoms with E-state index in [2.05, 4.69) is 11.6 Å². The SMILES string of the molecule is C=CC(c1ccccc1)c1ncco1.Cl. The van der Waals surface area contributed by atoms with E-state index in [-0.39, 0.29) is 18.3 Å². The van der Waals surface area contributed by atoms with Gasteiger partial charge in [-0.2, -0.15) is 0 Å². The molecule has 1 heterocycles. The van der Waals surface area contributed by atoms with Gasteiger partial charge in [0, 0.05) is 0 Å². The lowest BCUT2D eigenvalue weighted by Crippen LogP contribution is -1.96. The molecule has 0 aliphatic rings. The van der Waals surface area contributed by atoms with E-state index in [1.165, 1.54) is 0 Å². The van der Waals surface area contributed by atoms with Crippen LogP contribution in [0.25, 0.3) is 0 Å². The van der Waals surface area contributed by atoms with Crippen LogP contribution in [0.3, 0.4) is 0 Å². The number of allylic oxidation sites excluding steroid dienone is 1. The summed E-state index contributed by atoms with van der Waals surface area (Å²) in [6.45, 7) is 3.79. The summed E-state index contributed by atoms with van der Waals surface area (Å²) in [6, 6.07) is 10.1. The normalized spacial score (nSPS) is 11.5. The summed E-state index contributed by atoms with van der Waals surface area (Å²) in [5.41, 5.74) is 1.14. The predicted octanol–water partition coefficient (Wildman–Crippen LogP) is 3.41. The summed E-state index contributed by atoms with van der Waals surface area (Å²) < 4.78 is 5.26. The van der Waals surface area contributed by atoms with Crippen LogP contribution in [0.1, 0.15) is 17.4 Å². The van der Waals surface area contributed by atoms with Crippen molar-refractivity contribution in [1.29, 1.82) is 0 Å². The van der Waals surface area contributed by atoms with Crippen molar-refractivity contribution in [2.45, 2.75) is 5.92 Å². The van der Waals surface area contributed by atoms with E-state index in [1.54, 1.807) is 12.5 Å². The van der Waals surface area contributed by atoms with Gasteiger partial charge in [-0.05, 0) is 5.56 Å². The molecule has 3 heteroatoms. The van der Waals surface area contributed by atoms with Crippen molar-refractivity contribution < 1.29 is 4.42 Å². The standard InChI is InChI=1S/C12H11NO.ClH/c1-2-11(12-13-8-9-14-12)10-6-4-3-5-7-10;/h2-9,11H,1H2;1H. The number of hydrogen-bond donors (Lipinski definition) is 0. The Labute approximate surface area is 95.1 Å². The highest BCUT2D eigenvalue weighted by Crippen LogP contribution is 2.23. The Hall–Kier alpha value is -1.54. The minimum absolute atomic E-state index is 0. The van der Waals surface area contributed by atoms with Gasteiger partial charge in [-0.15, -0.1) is 19.0 Å². The number of oxazole rings is 1. The molecule has 1 unspecified atom stereocenters. The average molecular weight is 222 g/mol. The zero-order valence-electron chi connectivity index (χ0n) is 8.17. The molecule has 0 radical (unpaired) electrons. The molecule has 15 heavy (non-hydrogen) atoms. The van der Waals surface area contributed by atoms with Gasteiger partial charge in [-0.25, -0.2) is 4.98 Å². The summed E-state index contributed by atoms with van der Waals surface area (Å²) in [5.74, 6) is 0.734. The first kappa shape index (κ1) is 11.5. The highest BCUT2D eigenvalue weighted by atomic mass is 35.5. The van der Waals surface area contributed by atoms with Gasteiger partial charge in [-0.1, -0.05) is 36.4 Å². The molecule has 1 aromatic heterocycles. The van der Waals surface area contributed by atoms with E-state index < -0.39 is 0 Å². The van der Waals surface area contributed by atoms with Crippen molar-refractivity contribution in [2.75, 3.05) is 0 Å². The first-order valence-electron chi connectivity index (χ1n) is 4.48. The number of hydrogen-bond acceptors (Lipinski definition) is 2. The molecule has 78 valence electrons. The molecule has 2 aromatic rings. The second kappa shape index (κ2) is 5.37. The molecule has 0 spiro atoms. The molecule has 2 rings (SSSR count). The molecular weight excluding hydrogens is 210 g/mol. The van der Waals surface area contributed by atoms with Gasteiger partial charge < -0.3 is 4.42 Å². The molecule has 0 fully saturated rings. The van der Waals surface area contributed by atoms with Gasteiger partial charge in [0.2, 0.25) is 5.89 Å². The largest absolute Gasteiger partial charge is 0.448 e. The van der Waals surface area contributed by atoms with E-state index in [0.717, 1.165) is 5.56 Å². The van der Waals surface area contributed by atoms with Gasteiger partial charge in [-0.3, -0.25) is 0 Å². The first-order valence-corrected chi connectivity index (χ1v) is 4.48. The van der Waals surface area contributed by atoms with Crippen molar-refractivity contribution in [3.8, 4) is 0 Å². The maximum Gasteiger partial charge on any atom is 0.205 e. The molecule has 0 N–H and O–H groups in total. The Morgan fingerprint density at radius 3 is 2.53 bits per heavy atom. The van der Waals surface area contributed by atoms with Crippen LogP contribution in [0.2, 0.25) is 0 Å². The molecule has 1 atom stereocenters. The Bertz CT molecular complexity index is 397. The molecule has 0 bridgehead atoms. The smallest absolute Gasteiger partial charge is 0.205 e. The van der Waals surface area contributed by atoms with Crippen molar-refractivity contribution in [3.05, 3.63) is 66.9 Å². The van der Waals surface area contributed by atoms with Crippen molar-refractivity contribution >= 4 is 12.4 Å². The third-order valence-electron chi connectivity index (χ3n) is 2.11. The van der Waals surface area contributed by atoms with Gasteiger partial charge in [0.25, 0.3) is 0 Å². The third kappa shape index (κ3) is 2.48. The Kier molecular flexibility index (Phi) is 4.13. The highest BCUT2D eigenvalue weighted by Gasteiger charge is 2.13. The Morgan fingerprint density at radius 1 is 1.27 bits per heavy atom. The second-order valence-electron chi connectivity index (χ2n) is 2.99. The fourth-order valence-electron chi connectivity index (χ4n) is 1.43.